The van der Waals surface area contributed by atoms with E-state index >= 15 is 0 Å². The molecule has 1 aromatic rings. The summed E-state index contributed by atoms with van der Waals surface area (Å²) in [5, 5.41) is 3.09. The summed E-state index contributed by atoms with van der Waals surface area (Å²) < 4.78 is 10.8. The molecule has 1 heterocycles. The molecule has 0 radical (unpaired) electrons. The van der Waals surface area contributed by atoms with Crippen LogP contribution in [0.5, 0.6) is 0 Å². The predicted molar refractivity (Wildman–Crippen MR) is 95.8 cm³/mol. The molecule has 140 valence electrons. The van der Waals surface area contributed by atoms with Crippen LogP contribution in [-0.2, 0) is 9.47 Å². The third kappa shape index (κ3) is 3.85. The summed E-state index contributed by atoms with van der Waals surface area (Å²) in [4.78, 5) is 23.9. The molecule has 2 atom stereocenters. The van der Waals surface area contributed by atoms with Crippen molar-refractivity contribution in [1.82, 2.24) is 5.32 Å². The zero-order valence-electron chi connectivity index (χ0n) is 14.9. The third-order valence-electron chi connectivity index (χ3n) is 5.77. The highest BCUT2D eigenvalue weighted by atomic mass is 16.6. The summed E-state index contributed by atoms with van der Waals surface area (Å²) in [6, 6.07) is 7.84. The van der Waals surface area contributed by atoms with Crippen LogP contribution in [0.4, 0.5) is 4.79 Å². The summed E-state index contributed by atoms with van der Waals surface area (Å²) in [5.41, 5.74) is 6.53. The van der Waals surface area contributed by atoms with Gasteiger partial charge in [-0.25, -0.2) is 4.79 Å². The molecule has 1 aromatic carbocycles. The van der Waals surface area contributed by atoms with Crippen LogP contribution in [0.15, 0.2) is 24.3 Å². The van der Waals surface area contributed by atoms with E-state index in [1.165, 1.54) is 12.8 Å². The fourth-order valence-electron chi connectivity index (χ4n) is 4.11. The summed E-state index contributed by atoms with van der Waals surface area (Å²) in [5.74, 6) is 0.716. The average Bonchev–Trinajstić information content (AvgIpc) is 3.54. The standard InChI is InChI=1S/C20H26N2O4/c21-19(24)26-20(11-13-4-5-13)12-17(20)14-2-1-3-15(10-14)18(23)22-16-6-8-25-9-7-16/h1-3,10,13,16-17H,4-9,11-12H2,(H2,21,24)(H,22,23). The largest absolute Gasteiger partial charge is 0.442 e. The number of amides is 2. The fourth-order valence-corrected chi connectivity index (χ4v) is 4.11. The molecule has 0 spiro atoms. The molecule has 3 fully saturated rings. The first kappa shape index (κ1) is 17.3. The van der Waals surface area contributed by atoms with Crippen molar-refractivity contribution in [3.05, 3.63) is 35.4 Å². The minimum absolute atomic E-state index is 0.0528. The van der Waals surface area contributed by atoms with Gasteiger partial charge in [0.05, 0.1) is 0 Å². The van der Waals surface area contributed by atoms with Crippen molar-refractivity contribution in [3.63, 3.8) is 0 Å². The van der Waals surface area contributed by atoms with E-state index in [2.05, 4.69) is 5.32 Å². The molecule has 3 N–H and O–H groups in total. The number of hydrogen-bond donors (Lipinski definition) is 2. The zero-order chi connectivity index (χ0) is 18.1. The number of nitrogens with two attached hydrogens (primary N) is 1. The van der Waals surface area contributed by atoms with Gasteiger partial charge in [-0.2, -0.15) is 0 Å². The molecular formula is C20H26N2O4. The van der Waals surface area contributed by atoms with E-state index in [1.54, 1.807) is 0 Å². The highest BCUT2D eigenvalue weighted by Crippen LogP contribution is 2.60. The van der Waals surface area contributed by atoms with Crippen molar-refractivity contribution in [2.24, 2.45) is 11.7 Å². The maximum absolute atomic E-state index is 12.6. The number of benzene rings is 1. The monoisotopic (exact) mass is 358 g/mol. The Hall–Kier alpha value is -2.08. The fraction of sp³-hybridized carbons (Fsp3) is 0.600. The molecule has 1 aliphatic heterocycles. The molecule has 2 saturated carbocycles. The van der Waals surface area contributed by atoms with Gasteiger partial charge in [-0.3, -0.25) is 4.79 Å². The molecule has 2 unspecified atom stereocenters. The molecule has 1 saturated heterocycles. The smallest absolute Gasteiger partial charge is 0.405 e. The lowest BCUT2D eigenvalue weighted by Crippen LogP contribution is -2.38. The van der Waals surface area contributed by atoms with Crippen LogP contribution in [0, 0.1) is 5.92 Å². The van der Waals surface area contributed by atoms with Crippen LogP contribution in [0.1, 0.15) is 60.4 Å². The van der Waals surface area contributed by atoms with Gasteiger partial charge in [0.15, 0.2) is 0 Å². The minimum Gasteiger partial charge on any atom is -0.442 e. The quantitative estimate of drug-likeness (QED) is 0.818. The number of primary amides is 1. The van der Waals surface area contributed by atoms with Crippen LogP contribution in [-0.4, -0.2) is 36.9 Å². The number of rotatable bonds is 6. The lowest BCUT2D eigenvalue weighted by atomic mass is 10.0. The first-order chi connectivity index (χ1) is 12.6. The predicted octanol–water partition coefficient (Wildman–Crippen LogP) is 2.72. The van der Waals surface area contributed by atoms with Gasteiger partial charge in [-0.05, 0) is 49.3 Å². The first-order valence-corrected chi connectivity index (χ1v) is 9.53. The Morgan fingerprint density at radius 1 is 1.23 bits per heavy atom. The zero-order valence-corrected chi connectivity index (χ0v) is 14.9. The Morgan fingerprint density at radius 3 is 2.69 bits per heavy atom. The molecule has 0 aromatic heterocycles. The summed E-state index contributed by atoms with van der Waals surface area (Å²) in [6.45, 7) is 1.39. The molecule has 26 heavy (non-hydrogen) atoms. The van der Waals surface area contributed by atoms with E-state index in [0.29, 0.717) is 24.7 Å². The summed E-state index contributed by atoms with van der Waals surface area (Å²) >= 11 is 0. The van der Waals surface area contributed by atoms with E-state index in [-0.39, 0.29) is 17.9 Å². The lowest BCUT2D eigenvalue weighted by Gasteiger charge is -2.23. The molecule has 6 nitrogen and oxygen atoms in total. The van der Waals surface area contributed by atoms with Crippen molar-refractivity contribution in [1.29, 1.82) is 0 Å². The number of hydrogen-bond acceptors (Lipinski definition) is 4. The van der Waals surface area contributed by atoms with Crippen LogP contribution >= 0.6 is 0 Å². The van der Waals surface area contributed by atoms with Crippen molar-refractivity contribution in [2.45, 2.75) is 56.1 Å². The molecule has 6 heteroatoms. The third-order valence-corrected chi connectivity index (χ3v) is 5.77. The highest BCUT2D eigenvalue weighted by Gasteiger charge is 2.60. The maximum atomic E-state index is 12.6. The SMILES string of the molecule is NC(=O)OC1(CC2CC2)CC1c1cccc(C(=O)NC2CCOCC2)c1. The van der Waals surface area contributed by atoms with Crippen LogP contribution < -0.4 is 11.1 Å². The second kappa shape index (κ2) is 6.91. The normalized spacial score (nSPS) is 28.4. The van der Waals surface area contributed by atoms with E-state index in [1.807, 2.05) is 24.3 Å². The Bertz CT molecular complexity index is 697. The van der Waals surface area contributed by atoms with Gasteiger partial charge in [0.1, 0.15) is 5.60 Å². The number of carbonyl (C=O) groups is 2. The van der Waals surface area contributed by atoms with Gasteiger partial charge in [-0.1, -0.05) is 25.0 Å². The van der Waals surface area contributed by atoms with Crippen LogP contribution in [0.2, 0.25) is 0 Å². The molecule has 0 bridgehead atoms. The van der Waals surface area contributed by atoms with Gasteiger partial charge in [0.2, 0.25) is 0 Å². The number of ether oxygens (including phenoxy) is 2. The van der Waals surface area contributed by atoms with Gasteiger partial charge < -0.3 is 20.5 Å². The number of carbonyl (C=O) groups excluding carboxylic acids is 2. The minimum atomic E-state index is -0.707. The van der Waals surface area contributed by atoms with Crippen LogP contribution in [0.25, 0.3) is 0 Å². The van der Waals surface area contributed by atoms with Crippen molar-refractivity contribution in [3.8, 4) is 0 Å². The Kier molecular flexibility index (Phi) is 4.61. The van der Waals surface area contributed by atoms with E-state index in [9.17, 15) is 9.59 Å². The second-order valence-corrected chi connectivity index (χ2v) is 7.88. The Morgan fingerprint density at radius 2 is 2.00 bits per heavy atom. The van der Waals surface area contributed by atoms with E-state index in [4.69, 9.17) is 15.2 Å². The topological polar surface area (TPSA) is 90.7 Å². The summed E-state index contributed by atoms with van der Waals surface area (Å²) in [7, 11) is 0. The highest BCUT2D eigenvalue weighted by molar-refractivity contribution is 5.94. The maximum Gasteiger partial charge on any atom is 0.405 e. The molecular weight excluding hydrogens is 332 g/mol. The van der Waals surface area contributed by atoms with Crippen molar-refractivity contribution in [2.75, 3.05) is 13.2 Å². The second-order valence-electron chi connectivity index (χ2n) is 7.88. The average molecular weight is 358 g/mol. The van der Waals surface area contributed by atoms with Crippen LogP contribution in [0.3, 0.4) is 0 Å². The Balaban J connectivity index is 1.45. The van der Waals surface area contributed by atoms with Crippen molar-refractivity contribution < 1.29 is 19.1 Å². The van der Waals surface area contributed by atoms with Gasteiger partial charge in [0, 0.05) is 30.7 Å². The van der Waals surface area contributed by atoms with Crippen molar-refractivity contribution >= 4 is 12.0 Å². The van der Waals surface area contributed by atoms with Gasteiger partial charge in [-0.15, -0.1) is 0 Å². The first-order valence-electron chi connectivity index (χ1n) is 9.53. The molecule has 3 aliphatic rings. The van der Waals surface area contributed by atoms with E-state index < -0.39 is 11.7 Å². The lowest BCUT2D eigenvalue weighted by molar-refractivity contribution is 0.0694. The molecule has 2 amide bonds. The number of nitrogens with one attached hydrogen (secondary N) is 1. The van der Waals surface area contributed by atoms with Gasteiger partial charge in [0.25, 0.3) is 5.91 Å². The van der Waals surface area contributed by atoms with Gasteiger partial charge >= 0.3 is 6.09 Å². The van der Waals surface area contributed by atoms with E-state index in [0.717, 1.165) is 31.2 Å². The Labute approximate surface area is 153 Å². The molecule has 4 rings (SSSR count). The summed E-state index contributed by atoms with van der Waals surface area (Å²) in [6.07, 6.45) is 5.06. The molecule has 2 aliphatic carbocycles.